The van der Waals surface area contributed by atoms with Crippen molar-refractivity contribution in [3.63, 3.8) is 0 Å². The van der Waals surface area contributed by atoms with Gasteiger partial charge in [0.25, 0.3) is 0 Å². The highest BCUT2D eigenvalue weighted by Gasteiger charge is 2.19. The number of fused-ring (bicyclic) bond motifs is 3. The predicted octanol–water partition coefficient (Wildman–Crippen LogP) is 25.0. The molecule has 0 saturated carbocycles. The Morgan fingerprint density at radius 2 is 1.08 bits per heavy atom. The zero-order valence-electron chi connectivity index (χ0n) is 84.2. The number of nitrogens with zero attached hydrogens (tertiary/aromatic N) is 11. The van der Waals surface area contributed by atoms with Gasteiger partial charge in [0.2, 0.25) is 0 Å². The number of thiazole rings is 1. The summed E-state index contributed by atoms with van der Waals surface area (Å²) in [6, 6.07) is 33.2. The van der Waals surface area contributed by atoms with Crippen LogP contribution in [0.15, 0.2) is 145 Å². The Kier molecular flexibility index (Phi) is 62.9. The van der Waals surface area contributed by atoms with Crippen LogP contribution >= 0.6 is 11.3 Å². The molecule has 2 fully saturated rings. The number of piperazine rings is 1. The van der Waals surface area contributed by atoms with Crippen molar-refractivity contribution in [3.8, 4) is 0 Å². The van der Waals surface area contributed by atoms with Crippen LogP contribution in [0.5, 0.6) is 0 Å². The molecule has 19 heteroatoms. The molecule has 698 valence electrons. The number of carbonyl (C=O) groups is 1. The summed E-state index contributed by atoms with van der Waals surface area (Å²) in [4.78, 5) is 47.8. The largest absolute Gasteiger partial charge is 0.460 e. The van der Waals surface area contributed by atoms with Gasteiger partial charge < -0.3 is 43.6 Å². The van der Waals surface area contributed by atoms with E-state index in [0.717, 1.165) is 92.1 Å². The number of aliphatic imine (C=N–C) groups is 1. The summed E-state index contributed by atoms with van der Waals surface area (Å²) in [6.07, 6.45) is 24.3. The first kappa shape index (κ1) is 115. The van der Waals surface area contributed by atoms with E-state index in [-0.39, 0.29) is 18.5 Å². The van der Waals surface area contributed by atoms with Gasteiger partial charge in [-0.05, 0) is 240 Å². The summed E-state index contributed by atoms with van der Waals surface area (Å²) in [5.41, 5.74) is 12.0. The van der Waals surface area contributed by atoms with E-state index in [0.29, 0.717) is 66.2 Å². The first-order valence-corrected chi connectivity index (χ1v) is 48.4. The lowest BCUT2D eigenvalue weighted by molar-refractivity contribution is -0.155. The lowest BCUT2D eigenvalue weighted by Gasteiger charge is -2.32. The second-order valence-corrected chi connectivity index (χ2v) is 38.1. The highest BCUT2D eigenvalue weighted by molar-refractivity contribution is 7.15. The fourth-order valence-corrected chi connectivity index (χ4v) is 13.5. The van der Waals surface area contributed by atoms with Gasteiger partial charge in [-0.15, -0.1) is 11.3 Å². The predicted molar refractivity (Wildman–Crippen MR) is 536 cm³/mol. The van der Waals surface area contributed by atoms with Gasteiger partial charge in [-0.25, -0.2) is 15.0 Å². The molecule has 0 unspecified atom stereocenters. The lowest BCUT2D eigenvalue weighted by Crippen LogP contribution is -2.44. The number of pyridine rings is 2. The minimum absolute atomic E-state index is 0.0758. The highest BCUT2D eigenvalue weighted by Crippen LogP contribution is 2.24. The standard InChI is InChI=1S/C12H13N.C11H24N2O.C11H13N.C11H22O2.C10H15BO.C10H21NO.C10H23NO.C8H10N2S.C8H12N2.C8H11N.C6H14/c1-9(2)11-6-5-10-4-3-7-13-12(10)8-11;1-11(2)14-10-4-5-13-8-6-12(3)7-9-13;1-8(2)11-10-6-4-3-5-9(10)7-12-11;1-9(2)7-6-8-10(12)13-11(3,4)5;1-8(2)9-4-6-10(7-5-9)11(3)12;1-10(2)12-9-5-8-11-6-3-4-7-11;1-5-11(6-2)8-7-9-12-10(3)4;1-6(2)7-5-10-3-4-11-8(10)9-7;1-6(2)8-4-9-7(3)10-5-8;1-7(2)8-5-3-4-6-9-8;1-4-5-6(2)3/h3-9H,1-2H3;11H,4-10H2,1-3H3;3-6,8H,7H2,1-2H3;9H,6-8H2,1-5H3;4-8,12H,1-3H3;10H,3-9H2,1-2H3;10H,5-9H2,1-4H3;3-6H,1-2H3;4-6H,1-3H3;3-7H,1-2H3;6H,4-5H2,1-3H3. The Morgan fingerprint density at radius 1 is 0.556 bits per heavy atom. The molecule has 5 aromatic heterocycles. The zero-order chi connectivity index (χ0) is 93.1. The van der Waals surface area contributed by atoms with Crippen molar-refractivity contribution in [1.29, 1.82) is 0 Å². The monoisotopic (exact) mass is 1730 g/mol. The Labute approximate surface area is 762 Å². The van der Waals surface area contributed by atoms with Crippen LogP contribution in [0.4, 0.5) is 0 Å². The van der Waals surface area contributed by atoms with E-state index in [2.05, 4.69) is 301 Å². The third-order valence-electron chi connectivity index (χ3n) is 20.4. The van der Waals surface area contributed by atoms with Crippen LogP contribution < -0.4 is 5.46 Å². The van der Waals surface area contributed by atoms with Crippen LogP contribution in [0.2, 0.25) is 6.82 Å². The van der Waals surface area contributed by atoms with Crippen LogP contribution in [0.1, 0.15) is 333 Å². The lowest BCUT2D eigenvalue weighted by atomic mass is 9.64. The number of rotatable bonds is 30. The molecule has 0 spiro atoms. The van der Waals surface area contributed by atoms with E-state index < -0.39 is 0 Å². The number of carbonyl (C=O) groups excluding carboxylic acids is 1. The van der Waals surface area contributed by atoms with Gasteiger partial charge in [-0.1, -0.05) is 230 Å². The van der Waals surface area contributed by atoms with Crippen LogP contribution in [0.25, 0.3) is 15.9 Å². The van der Waals surface area contributed by atoms with Crippen molar-refractivity contribution in [2.45, 2.75) is 332 Å². The van der Waals surface area contributed by atoms with Crippen LogP contribution in [0, 0.1) is 24.7 Å². The second-order valence-electron chi connectivity index (χ2n) is 37.3. The summed E-state index contributed by atoms with van der Waals surface area (Å²) >= 11 is 1.68. The van der Waals surface area contributed by atoms with Gasteiger partial charge in [-0.3, -0.25) is 24.2 Å². The van der Waals surface area contributed by atoms with Crippen molar-refractivity contribution in [1.82, 2.24) is 48.9 Å². The SMILES string of the molecule is CB(O)c1ccc(C(C)C)cc1.CC(C)C1=NCc2ccccc21.CC(C)CCCC(=O)OC(C)(C)C.CC(C)OCCCN1CCCC1.CC(C)OCCCN1CCN(C)CC1.CC(C)c1ccc2cccnc2c1.CC(C)c1ccccn1.CC(C)c1cn2ccsc2n1.CCCC(C)C.CCN(CC)CCCOC(C)C.Cc1ncc(C(C)C)cn1. The number of esters is 1. The molecule has 1 N–H and O–H groups in total. The average molecular weight is 1730 g/mol. The van der Waals surface area contributed by atoms with Crippen molar-refractivity contribution >= 4 is 51.3 Å². The third kappa shape index (κ3) is 56.5. The van der Waals surface area contributed by atoms with Gasteiger partial charge in [0.05, 0.1) is 36.1 Å². The Balaban J connectivity index is 0.000000685. The average Bonchev–Trinajstić information content (AvgIpc) is 1.59. The summed E-state index contributed by atoms with van der Waals surface area (Å²) in [5.74, 6) is 5.62. The molecule has 11 rings (SSSR count). The van der Waals surface area contributed by atoms with Crippen molar-refractivity contribution in [3.05, 3.63) is 185 Å². The molecule has 3 aliphatic rings. The molecule has 0 aliphatic carbocycles. The maximum atomic E-state index is 11.2. The molecule has 8 heterocycles. The van der Waals surface area contributed by atoms with Crippen molar-refractivity contribution < 1.29 is 28.8 Å². The van der Waals surface area contributed by atoms with Gasteiger partial charge in [0.1, 0.15) is 11.4 Å². The van der Waals surface area contributed by atoms with Crippen LogP contribution in [-0.4, -0.2) is 195 Å². The second kappa shape index (κ2) is 67.6. The van der Waals surface area contributed by atoms with Gasteiger partial charge in [-0.2, -0.15) is 0 Å². The first-order valence-electron chi connectivity index (χ1n) is 47.5. The molecular formula is C105H178BN11O6S. The first-order chi connectivity index (χ1) is 58.7. The number of hydrogen-bond donors (Lipinski definition) is 1. The highest BCUT2D eigenvalue weighted by atomic mass is 32.1. The van der Waals surface area contributed by atoms with Crippen molar-refractivity contribution in [2.24, 2.45) is 22.7 Å². The quantitative estimate of drug-likeness (QED) is 0.0256. The molecule has 0 amide bonds. The number of aromatic nitrogens is 6. The Hall–Kier alpha value is -6.65. The summed E-state index contributed by atoms with van der Waals surface area (Å²) in [5, 5.41) is 12.5. The van der Waals surface area contributed by atoms with Gasteiger partial charge >= 0.3 is 12.9 Å². The topological polar surface area (TPSA) is 168 Å². The molecule has 124 heavy (non-hydrogen) atoms. The number of ether oxygens (including phenoxy) is 4. The molecule has 3 aliphatic heterocycles. The molecule has 0 atom stereocenters. The number of aryl methyl sites for hydroxylation is 1. The normalized spacial score (nSPS) is 13.2. The molecule has 17 nitrogen and oxygen atoms in total. The van der Waals surface area contributed by atoms with E-state index in [1.54, 1.807) is 18.2 Å². The molecule has 3 aromatic carbocycles. The van der Waals surface area contributed by atoms with Gasteiger partial charge in [0.15, 0.2) is 4.96 Å². The molecule has 0 bridgehead atoms. The summed E-state index contributed by atoms with van der Waals surface area (Å²) in [7, 11) is 2.19. The Bertz CT molecular complexity index is 3840. The number of benzene rings is 3. The number of imidazole rings is 1. The number of likely N-dealkylation sites (N-methyl/N-ethyl adjacent to an activating group) is 1. The molecular weight excluding hydrogens is 1550 g/mol. The minimum atomic E-state index is -0.355. The van der Waals surface area contributed by atoms with Gasteiger partial charge in [0, 0.05) is 137 Å². The van der Waals surface area contributed by atoms with E-state index in [1.807, 2.05) is 100 Å². The fourth-order valence-electron chi connectivity index (χ4n) is 12.8. The van der Waals surface area contributed by atoms with E-state index >= 15 is 0 Å². The maximum absolute atomic E-state index is 11.2. The van der Waals surface area contributed by atoms with Crippen LogP contribution in [0.3, 0.4) is 0 Å². The molecule has 8 aromatic rings. The smallest absolute Gasteiger partial charge is 0.320 e. The Morgan fingerprint density at radius 3 is 1.54 bits per heavy atom. The zero-order valence-corrected chi connectivity index (χ0v) is 85.0. The maximum Gasteiger partial charge on any atom is 0.320 e. The fraction of sp³-hybridized carbons (Fsp3) is 0.648. The van der Waals surface area contributed by atoms with E-state index in [1.165, 1.54) is 142 Å². The summed E-state index contributed by atoms with van der Waals surface area (Å²) < 4.78 is 23.7. The van der Waals surface area contributed by atoms with E-state index in [4.69, 9.17) is 18.9 Å². The number of likely N-dealkylation sites (tertiary alicyclic amines) is 1. The summed E-state index contributed by atoms with van der Waals surface area (Å²) in [6.45, 7) is 80.0. The van der Waals surface area contributed by atoms with E-state index in [9.17, 15) is 9.82 Å². The number of hydrogen-bond acceptors (Lipinski definition) is 17. The minimum Gasteiger partial charge on any atom is -0.460 e. The van der Waals surface area contributed by atoms with Crippen molar-refractivity contribution in [2.75, 3.05) is 98.9 Å². The molecule has 2 saturated heterocycles. The molecule has 0 radical (unpaired) electrons. The van der Waals surface area contributed by atoms with Crippen LogP contribution in [-0.2, 0) is 30.3 Å². The third-order valence-corrected chi connectivity index (χ3v) is 21.2.